The number of nitrogens with zero attached hydrogens (tertiary/aromatic N) is 4. The van der Waals surface area contributed by atoms with E-state index in [9.17, 15) is 14.4 Å². The number of pyridine rings is 1. The van der Waals surface area contributed by atoms with Gasteiger partial charge in [0.1, 0.15) is 35.5 Å². The molecule has 0 radical (unpaired) electrons. The Morgan fingerprint density at radius 2 is 1.40 bits per heavy atom. The van der Waals surface area contributed by atoms with Gasteiger partial charge in [0.05, 0.1) is 5.39 Å². The van der Waals surface area contributed by atoms with Crippen molar-refractivity contribution in [3.05, 3.63) is 244 Å². The number of nitrogens with one attached hydrogen (secondary N) is 2. The number of hydrogen-bond donors (Lipinski definition) is 2. The quantitative estimate of drug-likeness (QED) is 0.0210. The highest BCUT2D eigenvalue weighted by Gasteiger charge is 2.55. The monoisotopic (exact) mass is 1090 g/mol. The lowest BCUT2D eigenvalue weighted by atomic mass is 9.77. The Balaban J connectivity index is 0.00000608. The number of ether oxygens (including phenoxy) is 1. The maximum absolute atomic E-state index is 14.7. The molecule has 2 aliphatic heterocycles. The minimum atomic E-state index is -0.984. The summed E-state index contributed by atoms with van der Waals surface area (Å²) in [6.45, 7) is 0.544. The van der Waals surface area contributed by atoms with Gasteiger partial charge in [-0.3, -0.25) is 14.5 Å². The number of thiazole rings is 1. The van der Waals surface area contributed by atoms with Gasteiger partial charge in [0, 0.05) is 17.2 Å². The molecule has 1 fully saturated rings. The lowest BCUT2D eigenvalue weighted by Gasteiger charge is -2.49. The van der Waals surface area contributed by atoms with Gasteiger partial charge in [0.2, 0.25) is 0 Å². The van der Waals surface area contributed by atoms with Crippen LogP contribution in [0.15, 0.2) is 215 Å². The highest BCUT2D eigenvalue weighted by Crippen LogP contribution is 2.43. The maximum Gasteiger partial charge on any atom is 0.356 e. The van der Waals surface area contributed by atoms with Crippen molar-refractivity contribution in [1.29, 1.82) is 0 Å². The van der Waals surface area contributed by atoms with Crippen molar-refractivity contribution in [2.24, 2.45) is 5.16 Å². The summed E-state index contributed by atoms with van der Waals surface area (Å²) in [4.78, 5) is 56.2. The minimum absolute atomic E-state index is 0. The van der Waals surface area contributed by atoms with E-state index >= 15 is 0 Å². The third kappa shape index (κ3) is 9.66. The fraction of sp³-hybridized carbons (Fsp3) is 0.127. The molecule has 0 spiro atoms. The Morgan fingerprint density at radius 1 is 0.814 bits per heavy atom. The smallest absolute Gasteiger partial charge is 0.356 e. The molecule has 0 aliphatic carbocycles. The molecule has 5 aromatic carbocycles. The molecular formula is C55H45IN6O5S3. The molecule has 1 saturated heterocycles. The van der Waals surface area contributed by atoms with Crippen LogP contribution in [0.3, 0.4) is 0 Å². The zero-order valence-corrected chi connectivity index (χ0v) is 42.2. The number of benzene rings is 5. The molecular weight excluding hydrogens is 1050 g/mol. The minimum Gasteiger partial charge on any atom is -1.00 e. The van der Waals surface area contributed by atoms with Crippen LogP contribution in [0.4, 0.5) is 5.13 Å². The number of carbonyl (C=O) groups excluding carboxylic acids is 3. The van der Waals surface area contributed by atoms with Crippen molar-refractivity contribution in [2.45, 2.75) is 29.6 Å². The number of carbonyl (C=O) groups is 3. The van der Waals surface area contributed by atoms with Gasteiger partial charge < -0.3 is 44.2 Å². The number of aromatic nitrogens is 2. The van der Waals surface area contributed by atoms with E-state index in [0.29, 0.717) is 23.0 Å². The zero-order chi connectivity index (χ0) is 47.2. The summed E-state index contributed by atoms with van der Waals surface area (Å²) >= 11 is 4.43. The predicted octanol–water partition coefficient (Wildman–Crippen LogP) is 6.65. The average molecular weight is 1090 g/mol. The molecule has 2 atom stereocenters. The predicted molar refractivity (Wildman–Crippen MR) is 273 cm³/mol. The molecule has 0 saturated carbocycles. The van der Waals surface area contributed by atoms with E-state index in [-0.39, 0.29) is 41.1 Å². The summed E-state index contributed by atoms with van der Waals surface area (Å²) in [6.07, 6.45) is 5.17. The molecule has 0 bridgehead atoms. The molecule has 3 aromatic heterocycles. The first-order valence-corrected chi connectivity index (χ1v) is 25.1. The molecule has 2 aliphatic rings. The van der Waals surface area contributed by atoms with Gasteiger partial charge in [0.15, 0.2) is 29.7 Å². The summed E-state index contributed by atoms with van der Waals surface area (Å²) in [5, 5.41) is 15.7. The van der Waals surface area contributed by atoms with Crippen LogP contribution in [0.2, 0.25) is 0 Å². The number of thioether (sulfide) groups is 1. The number of fused-ring (bicyclic) bond motifs is 2. The van der Waals surface area contributed by atoms with Gasteiger partial charge in [-0.15, -0.1) is 23.1 Å². The lowest BCUT2D eigenvalue weighted by Crippen LogP contribution is -3.00. The van der Waals surface area contributed by atoms with E-state index in [4.69, 9.17) is 14.6 Å². The third-order valence-electron chi connectivity index (χ3n) is 12.1. The van der Waals surface area contributed by atoms with Crippen LogP contribution in [0, 0.1) is 0 Å². The second kappa shape index (κ2) is 21.8. The summed E-state index contributed by atoms with van der Waals surface area (Å²) in [6, 6.07) is 54.7. The molecule has 350 valence electrons. The zero-order valence-electron chi connectivity index (χ0n) is 37.6. The van der Waals surface area contributed by atoms with Crippen molar-refractivity contribution in [3.63, 3.8) is 0 Å². The van der Waals surface area contributed by atoms with Gasteiger partial charge in [-0.1, -0.05) is 174 Å². The van der Waals surface area contributed by atoms with Gasteiger partial charge in [-0.25, -0.2) is 9.78 Å². The molecule has 2 N–H and O–H groups in total. The van der Waals surface area contributed by atoms with Crippen LogP contribution < -0.4 is 39.2 Å². The molecule has 70 heavy (non-hydrogen) atoms. The fourth-order valence-corrected chi connectivity index (χ4v) is 11.8. The number of anilines is 1. The van der Waals surface area contributed by atoms with Crippen LogP contribution in [-0.4, -0.2) is 57.7 Å². The standard InChI is InChI=1S/C55H44N6O5S3.HI/c1-65-59-45(44-36-69-54(56-44)58-55(41-25-11-4-12-26-41,42-27-13-5-14-28-42)43-29-15-6-16-30-43)49(62)57-46-50(63)61-47(53(64)66-48(37-19-7-2-8-20-37)38-21-9-3-10-22-38)40(35-68-52(46)61)24-18-33-60-32-17-23-39-31-34-67-51(39)60;/h2-32,34,36,46,48,52H,33,35H2,1H3,(H-,56,57,58,62);1H/b24-18+,59-45-;/t46-,52-;/m1./s1. The summed E-state index contributed by atoms with van der Waals surface area (Å²) in [7, 11) is 1.35. The Morgan fingerprint density at radius 3 is 1.99 bits per heavy atom. The van der Waals surface area contributed by atoms with Crippen molar-refractivity contribution in [2.75, 3.05) is 18.2 Å². The topological polar surface area (TPSA) is 126 Å². The van der Waals surface area contributed by atoms with E-state index in [0.717, 1.165) is 38.0 Å². The Bertz CT molecular complexity index is 3070. The first-order chi connectivity index (χ1) is 33.9. The number of rotatable bonds is 16. The SMILES string of the molecule is CO/N=C(\C(=O)N[C@@H]1C(=O)N2C(C(=O)OC(c3ccccc3)c3ccccc3)=C(/C=C/C[n+]3cccc4ccsc43)CS[C@H]12)c1csc(NC(c2ccccc2)(c2ccccc2)c2ccccc2)n1.[I-]. The van der Waals surface area contributed by atoms with Gasteiger partial charge in [-0.2, -0.15) is 4.57 Å². The van der Waals surface area contributed by atoms with Crippen LogP contribution in [0.25, 0.3) is 10.2 Å². The van der Waals surface area contributed by atoms with Crippen LogP contribution in [0.5, 0.6) is 0 Å². The molecule has 15 heteroatoms. The maximum atomic E-state index is 14.7. The Labute approximate surface area is 434 Å². The number of hydrogen-bond acceptors (Lipinski definition) is 11. The van der Waals surface area contributed by atoms with Crippen LogP contribution in [-0.2, 0) is 36.0 Å². The highest BCUT2D eigenvalue weighted by atomic mass is 127. The van der Waals surface area contributed by atoms with E-state index in [2.05, 4.69) is 74.3 Å². The van der Waals surface area contributed by atoms with Crippen molar-refractivity contribution in [3.8, 4) is 0 Å². The van der Waals surface area contributed by atoms with E-state index < -0.39 is 40.8 Å². The number of halogens is 1. The fourth-order valence-electron chi connectivity index (χ4n) is 8.84. The average Bonchev–Trinajstić information content (AvgIpc) is 4.10. The number of allylic oxidation sites excluding steroid dienone is 2. The summed E-state index contributed by atoms with van der Waals surface area (Å²) in [5.74, 6) is -1.38. The first kappa shape index (κ1) is 48.1. The van der Waals surface area contributed by atoms with E-state index in [1.54, 1.807) is 16.7 Å². The lowest BCUT2D eigenvalue weighted by molar-refractivity contribution is -0.658. The van der Waals surface area contributed by atoms with Gasteiger partial charge in [-0.05, 0) is 57.0 Å². The van der Waals surface area contributed by atoms with Gasteiger partial charge in [0.25, 0.3) is 16.6 Å². The van der Waals surface area contributed by atoms with E-state index in [1.165, 1.54) is 35.1 Å². The highest BCUT2D eigenvalue weighted by molar-refractivity contribution is 8.00. The molecule has 10 rings (SSSR count). The van der Waals surface area contributed by atoms with Crippen molar-refractivity contribution < 1.29 is 52.5 Å². The van der Waals surface area contributed by atoms with Crippen LogP contribution >= 0.6 is 34.4 Å². The van der Waals surface area contributed by atoms with Gasteiger partial charge >= 0.3 is 5.97 Å². The Kier molecular flexibility index (Phi) is 15.0. The number of oxime groups is 1. The number of β-lactam (4-membered cyclic amide) rings is 1. The van der Waals surface area contributed by atoms with Crippen molar-refractivity contribution in [1.82, 2.24) is 15.2 Å². The van der Waals surface area contributed by atoms with Crippen LogP contribution in [0.1, 0.15) is 39.6 Å². The number of thiophene rings is 1. The number of esters is 1. The second-order valence-electron chi connectivity index (χ2n) is 16.2. The normalized spacial score (nSPS) is 15.8. The molecule has 0 unspecified atom stereocenters. The Hall–Kier alpha value is -6.92. The molecule has 5 heterocycles. The summed E-state index contributed by atoms with van der Waals surface area (Å²) < 4.78 is 8.54. The molecule has 8 aromatic rings. The largest absolute Gasteiger partial charge is 1.00 e. The van der Waals surface area contributed by atoms with E-state index in [1.807, 2.05) is 140 Å². The third-order valence-corrected chi connectivity index (χ3v) is 15.1. The number of amides is 2. The summed E-state index contributed by atoms with van der Waals surface area (Å²) in [5.41, 5.74) is 4.60. The molecule has 11 nitrogen and oxygen atoms in total. The molecule has 2 amide bonds. The first-order valence-electron chi connectivity index (χ1n) is 22.3. The van der Waals surface area contributed by atoms with Crippen molar-refractivity contribution >= 4 is 73.3 Å². The second-order valence-corrected chi connectivity index (χ2v) is 19.1.